The average Bonchev–Trinajstić information content (AvgIpc) is 3.18. The molecule has 0 atom stereocenters. The molecule has 4 nitrogen and oxygen atoms in total. The number of methoxy groups -OCH3 is 1. The van der Waals surface area contributed by atoms with E-state index in [0.29, 0.717) is 17.7 Å². The molecule has 0 heterocycles. The number of esters is 1. The molecule has 2 rings (SSSR count). The molecule has 108 valence electrons. The fourth-order valence-electron chi connectivity index (χ4n) is 2.16. The normalized spacial score (nSPS) is 15.7. The topological polar surface area (TPSA) is 63.6 Å². The van der Waals surface area contributed by atoms with Crippen molar-refractivity contribution in [2.75, 3.05) is 12.9 Å². The van der Waals surface area contributed by atoms with Gasteiger partial charge in [-0.3, -0.25) is 4.79 Å². The smallest absolute Gasteiger partial charge is 0.335 e. The Labute approximate surface area is 122 Å². The van der Waals surface area contributed by atoms with Crippen LogP contribution in [0.3, 0.4) is 0 Å². The maximum absolute atomic E-state index is 11.3. The molecule has 1 fully saturated rings. The molecule has 0 amide bonds. The van der Waals surface area contributed by atoms with Crippen LogP contribution in [0.4, 0.5) is 0 Å². The van der Waals surface area contributed by atoms with Crippen molar-refractivity contribution in [3.63, 3.8) is 0 Å². The number of ether oxygens (including phenoxy) is 1. The van der Waals surface area contributed by atoms with Gasteiger partial charge in [0.15, 0.2) is 0 Å². The van der Waals surface area contributed by atoms with Crippen LogP contribution in [0.1, 0.15) is 35.2 Å². The summed E-state index contributed by atoms with van der Waals surface area (Å²) < 4.78 is 4.72. The van der Waals surface area contributed by atoms with E-state index in [1.54, 1.807) is 23.9 Å². The summed E-state index contributed by atoms with van der Waals surface area (Å²) in [5.74, 6) is 0.479. The number of carboxylic acids is 1. The first kappa shape index (κ1) is 14.9. The zero-order valence-electron chi connectivity index (χ0n) is 11.4. The van der Waals surface area contributed by atoms with Gasteiger partial charge in [0.05, 0.1) is 19.1 Å². The number of hydrogen-bond acceptors (Lipinski definition) is 4. The molecule has 20 heavy (non-hydrogen) atoms. The Bertz CT molecular complexity index is 508. The summed E-state index contributed by atoms with van der Waals surface area (Å²) in [5, 5.41) is 9.12. The van der Waals surface area contributed by atoms with Gasteiger partial charge in [0, 0.05) is 5.75 Å². The molecule has 1 aromatic rings. The molecule has 5 heteroatoms. The van der Waals surface area contributed by atoms with Crippen molar-refractivity contribution >= 4 is 23.7 Å². The number of carbonyl (C=O) groups is 2. The van der Waals surface area contributed by atoms with E-state index in [1.807, 2.05) is 12.1 Å². The molecule has 1 aliphatic carbocycles. The summed E-state index contributed by atoms with van der Waals surface area (Å²) in [7, 11) is 1.41. The van der Waals surface area contributed by atoms with Gasteiger partial charge in [0.2, 0.25) is 0 Å². The van der Waals surface area contributed by atoms with Crippen molar-refractivity contribution in [2.45, 2.75) is 25.0 Å². The van der Waals surface area contributed by atoms with Crippen LogP contribution < -0.4 is 0 Å². The van der Waals surface area contributed by atoms with Gasteiger partial charge >= 0.3 is 11.9 Å². The molecule has 0 bridgehead atoms. The minimum absolute atomic E-state index is 0.0793. The molecule has 0 aliphatic heterocycles. The van der Waals surface area contributed by atoms with E-state index < -0.39 is 5.97 Å². The van der Waals surface area contributed by atoms with Gasteiger partial charge in [-0.15, -0.1) is 0 Å². The fourth-order valence-corrected chi connectivity index (χ4v) is 3.56. The van der Waals surface area contributed by atoms with E-state index in [-0.39, 0.29) is 11.4 Å². The van der Waals surface area contributed by atoms with Crippen LogP contribution in [0, 0.1) is 5.41 Å². The van der Waals surface area contributed by atoms with Gasteiger partial charge in [-0.2, -0.15) is 11.8 Å². The monoisotopic (exact) mass is 294 g/mol. The second-order valence-electron chi connectivity index (χ2n) is 5.21. The van der Waals surface area contributed by atoms with Crippen molar-refractivity contribution in [1.82, 2.24) is 0 Å². The summed E-state index contributed by atoms with van der Waals surface area (Å²) in [5.41, 5.74) is 1.27. The Hall–Kier alpha value is -1.49. The number of rotatable bonds is 7. The van der Waals surface area contributed by atoms with Crippen LogP contribution in [-0.2, 0) is 15.3 Å². The third kappa shape index (κ3) is 3.76. The van der Waals surface area contributed by atoms with Crippen molar-refractivity contribution in [3.05, 3.63) is 35.4 Å². The maximum Gasteiger partial charge on any atom is 0.335 e. The average molecular weight is 294 g/mol. The Morgan fingerprint density at radius 1 is 1.35 bits per heavy atom. The van der Waals surface area contributed by atoms with Gasteiger partial charge in [0.1, 0.15) is 0 Å². The summed E-state index contributed by atoms with van der Waals surface area (Å²) in [6.07, 6.45) is 2.57. The molecule has 1 aromatic carbocycles. The van der Waals surface area contributed by atoms with Gasteiger partial charge < -0.3 is 9.84 Å². The lowest BCUT2D eigenvalue weighted by Gasteiger charge is -2.13. The van der Waals surface area contributed by atoms with Crippen LogP contribution in [0.25, 0.3) is 0 Å². The molecule has 0 spiro atoms. The molecule has 1 saturated carbocycles. The van der Waals surface area contributed by atoms with Crippen LogP contribution in [0.2, 0.25) is 0 Å². The Balaban J connectivity index is 1.88. The summed E-state index contributed by atoms with van der Waals surface area (Å²) in [4.78, 5) is 22.4. The summed E-state index contributed by atoms with van der Waals surface area (Å²) in [6, 6.07) is 7.05. The van der Waals surface area contributed by atoms with E-state index in [2.05, 4.69) is 0 Å². The summed E-state index contributed by atoms with van der Waals surface area (Å²) in [6.45, 7) is 0. The highest BCUT2D eigenvalue weighted by Crippen LogP contribution is 2.51. The highest BCUT2D eigenvalue weighted by Gasteiger charge is 2.44. The van der Waals surface area contributed by atoms with Crippen molar-refractivity contribution < 1.29 is 19.4 Å². The number of carbonyl (C=O) groups excluding carboxylic acids is 1. The van der Waals surface area contributed by atoms with Crippen LogP contribution in [-0.4, -0.2) is 29.9 Å². The quantitative estimate of drug-likeness (QED) is 0.783. The molecule has 0 radical (unpaired) electrons. The first-order valence-corrected chi connectivity index (χ1v) is 7.67. The number of carboxylic acid groups (broad SMARTS) is 1. The molecule has 0 saturated heterocycles. The fraction of sp³-hybridized carbons (Fsp3) is 0.467. The van der Waals surface area contributed by atoms with Crippen molar-refractivity contribution in [1.29, 1.82) is 0 Å². The minimum atomic E-state index is -0.892. The largest absolute Gasteiger partial charge is 0.478 e. The van der Waals surface area contributed by atoms with Gasteiger partial charge in [-0.05, 0) is 35.6 Å². The van der Waals surface area contributed by atoms with E-state index in [0.717, 1.165) is 24.2 Å². The summed E-state index contributed by atoms with van der Waals surface area (Å²) >= 11 is 1.69. The van der Waals surface area contributed by atoms with Crippen LogP contribution >= 0.6 is 11.8 Å². The third-order valence-corrected chi connectivity index (χ3v) is 4.95. The molecule has 0 unspecified atom stereocenters. The highest BCUT2D eigenvalue weighted by molar-refractivity contribution is 7.98. The SMILES string of the molecule is COC(=O)CC1(CSCc2ccccc2C(=O)O)CC1. The van der Waals surface area contributed by atoms with Crippen LogP contribution in [0.5, 0.6) is 0 Å². The highest BCUT2D eigenvalue weighted by atomic mass is 32.2. The predicted molar refractivity (Wildman–Crippen MR) is 77.9 cm³/mol. The Kier molecular flexibility index (Phi) is 4.70. The lowest BCUT2D eigenvalue weighted by molar-refractivity contribution is -0.141. The first-order chi connectivity index (χ1) is 9.56. The van der Waals surface area contributed by atoms with Crippen molar-refractivity contribution in [3.8, 4) is 0 Å². The molecule has 0 aromatic heterocycles. The Morgan fingerprint density at radius 2 is 2.05 bits per heavy atom. The number of aromatic carboxylic acids is 1. The third-order valence-electron chi connectivity index (χ3n) is 3.62. The molecular weight excluding hydrogens is 276 g/mol. The van der Waals surface area contributed by atoms with Crippen molar-refractivity contribution in [2.24, 2.45) is 5.41 Å². The van der Waals surface area contributed by atoms with E-state index >= 15 is 0 Å². The zero-order chi connectivity index (χ0) is 14.6. The van der Waals surface area contributed by atoms with E-state index in [9.17, 15) is 9.59 Å². The lowest BCUT2D eigenvalue weighted by atomic mass is 10.1. The van der Waals surface area contributed by atoms with Crippen LogP contribution in [0.15, 0.2) is 24.3 Å². The number of benzene rings is 1. The second kappa shape index (κ2) is 6.31. The number of hydrogen-bond donors (Lipinski definition) is 1. The molecule has 1 N–H and O–H groups in total. The zero-order valence-corrected chi connectivity index (χ0v) is 12.2. The van der Waals surface area contributed by atoms with Gasteiger partial charge in [-0.25, -0.2) is 4.79 Å². The van der Waals surface area contributed by atoms with E-state index in [1.165, 1.54) is 7.11 Å². The molecular formula is C15H18O4S. The van der Waals surface area contributed by atoms with Gasteiger partial charge in [0.25, 0.3) is 0 Å². The number of thioether (sulfide) groups is 1. The first-order valence-electron chi connectivity index (χ1n) is 6.52. The molecule has 1 aliphatic rings. The standard InChI is InChI=1S/C15H18O4S/c1-19-13(16)8-15(6-7-15)10-20-9-11-4-2-3-5-12(11)14(17)18/h2-5H,6-10H2,1H3,(H,17,18). The van der Waals surface area contributed by atoms with Gasteiger partial charge in [-0.1, -0.05) is 18.2 Å². The lowest BCUT2D eigenvalue weighted by Crippen LogP contribution is -2.13. The Morgan fingerprint density at radius 3 is 2.65 bits per heavy atom. The predicted octanol–water partition coefficient (Wildman–Crippen LogP) is 2.96. The second-order valence-corrected chi connectivity index (χ2v) is 6.19. The maximum atomic E-state index is 11.3. The van der Waals surface area contributed by atoms with E-state index in [4.69, 9.17) is 9.84 Å². The minimum Gasteiger partial charge on any atom is -0.478 e.